The molecule has 2 aliphatic heterocycles. The van der Waals surface area contributed by atoms with Gasteiger partial charge in [0.1, 0.15) is 6.04 Å². The Balaban J connectivity index is 1.71. The quantitative estimate of drug-likeness (QED) is 0.808. The molecule has 0 saturated carbocycles. The van der Waals surface area contributed by atoms with Gasteiger partial charge in [-0.05, 0) is 51.0 Å². The number of fused-ring (bicyclic) bond motifs is 1. The number of hydrogen-bond acceptors (Lipinski definition) is 3. The fourth-order valence-corrected chi connectivity index (χ4v) is 3.37. The van der Waals surface area contributed by atoms with Crippen LogP contribution >= 0.6 is 11.6 Å². The summed E-state index contributed by atoms with van der Waals surface area (Å²) in [5, 5.41) is 6.20. The number of carbonyl (C=O) groups is 3. The highest BCUT2D eigenvalue weighted by molar-refractivity contribution is 6.30. The van der Waals surface area contributed by atoms with E-state index in [2.05, 4.69) is 10.6 Å². The Hall–Kier alpha value is -2.28. The molecule has 0 aliphatic carbocycles. The minimum Gasteiger partial charge on any atom is -0.336 e. The molecule has 2 N–H and O–H groups in total. The number of anilines is 1. The lowest BCUT2D eigenvalue weighted by Crippen LogP contribution is -2.52. The first kappa shape index (κ1) is 17.5. The van der Waals surface area contributed by atoms with Crippen molar-refractivity contribution in [2.24, 2.45) is 0 Å². The van der Waals surface area contributed by atoms with Crippen LogP contribution in [-0.4, -0.2) is 47.5 Å². The number of piperidine rings is 1. The summed E-state index contributed by atoms with van der Waals surface area (Å²) in [7, 11) is 0. The first-order valence-electron chi connectivity index (χ1n) is 8.34. The summed E-state index contributed by atoms with van der Waals surface area (Å²) in [6.07, 6.45) is 1.04. The minimum absolute atomic E-state index is 0.0372. The summed E-state index contributed by atoms with van der Waals surface area (Å²) in [5.41, 5.74) is 0.510. The maximum Gasteiger partial charge on any atom is 0.332 e. The zero-order valence-corrected chi connectivity index (χ0v) is 14.9. The van der Waals surface area contributed by atoms with Crippen molar-refractivity contribution in [1.29, 1.82) is 0 Å². The van der Waals surface area contributed by atoms with Crippen molar-refractivity contribution in [3.63, 3.8) is 0 Å². The second-order valence-corrected chi connectivity index (χ2v) is 7.07. The van der Waals surface area contributed by atoms with Gasteiger partial charge >= 0.3 is 12.1 Å². The molecule has 7 nitrogen and oxygen atoms in total. The highest BCUT2D eigenvalue weighted by Gasteiger charge is 2.48. The van der Waals surface area contributed by atoms with Gasteiger partial charge in [-0.1, -0.05) is 11.6 Å². The Morgan fingerprint density at radius 2 is 1.92 bits per heavy atom. The molecule has 2 atom stereocenters. The summed E-state index contributed by atoms with van der Waals surface area (Å²) in [4.78, 5) is 40.0. The standard InChI is InChI=1S/C17H21ClN4O3/c1-10(2)19-16(24)20-12-7-8-21-14(9-12)15(23)22(17(21)25)13-5-3-11(18)4-6-13/h3-6,10,12,14H,7-9H2,1-2H3,(H2,19,20,24). The highest BCUT2D eigenvalue weighted by Crippen LogP contribution is 2.31. The number of benzene rings is 1. The second kappa shape index (κ2) is 6.92. The van der Waals surface area contributed by atoms with E-state index in [4.69, 9.17) is 11.6 Å². The molecule has 134 valence electrons. The van der Waals surface area contributed by atoms with E-state index >= 15 is 0 Å². The molecule has 2 fully saturated rings. The van der Waals surface area contributed by atoms with E-state index in [1.54, 1.807) is 29.2 Å². The number of rotatable bonds is 3. The van der Waals surface area contributed by atoms with Crippen LogP contribution in [0, 0.1) is 0 Å². The second-order valence-electron chi connectivity index (χ2n) is 6.64. The van der Waals surface area contributed by atoms with Crippen molar-refractivity contribution in [2.45, 2.75) is 44.8 Å². The van der Waals surface area contributed by atoms with Crippen molar-refractivity contribution >= 4 is 35.3 Å². The van der Waals surface area contributed by atoms with Crippen molar-refractivity contribution in [1.82, 2.24) is 15.5 Å². The Bertz CT molecular complexity index is 692. The average Bonchev–Trinajstić information content (AvgIpc) is 2.79. The number of urea groups is 2. The van der Waals surface area contributed by atoms with Crippen LogP contribution in [0.5, 0.6) is 0 Å². The average molecular weight is 365 g/mol. The molecule has 3 rings (SSSR count). The van der Waals surface area contributed by atoms with Crippen LogP contribution in [0.25, 0.3) is 0 Å². The first-order chi connectivity index (χ1) is 11.9. The van der Waals surface area contributed by atoms with Crippen LogP contribution in [0.1, 0.15) is 26.7 Å². The monoisotopic (exact) mass is 364 g/mol. The van der Waals surface area contributed by atoms with Gasteiger partial charge in [-0.3, -0.25) is 4.79 Å². The van der Waals surface area contributed by atoms with Gasteiger partial charge in [-0.2, -0.15) is 0 Å². The topological polar surface area (TPSA) is 81.8 Å². The lowest BCUT2D eigenvalue weighted by molar-refractivity contribution is -0.120. The van der Waals surface area contributed by atoms with Gasteiger partial charge in [0.25, 0.3) is 5.91 Å². The van der Waals surface area contributed by atoms with Gasteiger partial charge in [-0.25, -0.2) is 14.5 Å². The summed E-state index contributed by atoms with van der Waals surface area (Å²) in [6, 6.07) is 5.40. The van der Waals surface area contributed by atoms with Crippen LogP contribution in [0.2, 0.25) is 5.02 Å². The van der Waals surface area contributed by atoms with Crippen molar-refractivity contribution in [3.8, 4) is 0 Å². The molecular formula is C17H21ClN4O3. The molecule has 1 aromatic carbocycles. The molecule has 2 saturated heterocycles. The third-order valence-electron chi connectivity index (χ3n) is 4.38. The van der Waals surface area contributed by atoms with Gasteiger partial charge in [0.05, 0.1) is 5.69 Å². The molecule has 25 heavy (non-hydrogen) atoms. The molecule has 2 aliphatic rings. The highest BCUT2D eigenvalue weighted by atomic mass is 35.5. The van der Waals surface area contributed by atoms with Crippen LogP contribution in [0.4, 0.5) is 15.3 Å². The van der Waals surface area contributed by atoms with E-state index in [0.29, 0.717) is 30.1 Å². The SMILES string of the molecule is CC(C)NC(=O)NC1CCN2C(=O)N(c3ccc(Cl)cc3)C(=O)C2C1. The number of imide groups is 1. The summed E-state index contributed by atoms with van der Waals surface area (Å²) in [6.45, 7) is 4.20. The number of carbonyl (C=O) groups excluding carboxylic acids is 3. The lowest BCUT2D eigenvalue weighted by Gasteiger charge is -2.32. The maximum atomic E-state index is 12.7. The molecule has 2 unspecified atom stereocenters. The normalized spacial score (nSPS) is 23.0. The van der Waals surface area contributed by atoms with Gasteiger partial charge < -0.3 is 15.5 Å². The van der Waals surface area contributed by atoms with E-state index in [-0.39, 0.29) is 30.1 Å². The van der Waals surface area contributed by atoms with Gasteiger partial charge in [0.15, 0.2) is 0 Å². The predicted molar refractivity (Wildman–Crippen MR) is 94.7 cm³/mol. The maximum absolute atomic E-state index is 12.7. The first-order valence-corrected chi connectivity index (χ1v) is 8.72. The molecule has 8 heteroatoms. The van der Waals surface area contributed by atoms with Gasteiger partial charge in [0.2, 0.25) is 0 Å². The lowest BCUT2D eigenvalue weighted by atomic mass is 9.98. The molecule has 0 bridgehead atoms. The van der Waals surface area contributed by atoms with E-state index in [9.17, 15) is 14.4 Å². The Kier molecular flexibility index (Phi) is 4.85. The zero-order chi connectivity index (χ0) is 18.1. The fraction of sp³-hybridized carbons (Fsp3) is 0.471. The number of halogens is 1. The summed E-state index contributed by atoms with van der Waals surface area (Å²) in [5.74, 6) is -0.261. The molecular weight excluding hydrogens is 344 g/mol. The van der Waals surface area contributed by atoms with Crippen molar-refractivity contribution in [3.05, 3.63) is 29.3 Å². The Morgan fingerprint density at radius 3 is 2.56 bits per heavy atom. The Labute approximate surface area is 151 Å². The van der Waals surface area contributed by atoms with E-state index < -0.39 is 6.04 Å². The van der Waals surface area contributed by atoms with Gasteiger partial charge in [-0.15, -0.1) is 0 Å². The van der Waals surface area contributed by atoms with E-state index in [1.807, 2.05) is 13.8 Å². The fourth-order valence-electron chi connectivity index (χ4n) is 3.25. The summed E-state index contributed by atoms with van der Waals surface area (Å²) < 4.78 is 0. The molecule has 0 spiro atoms. The van der Waals surface area contributed by atoms with Crippen LogP contribution < -0.4 is 15.5 Å². The molecule has 0 aromatic heterocycles. The van der Waals surface area contributed by atoms with Crippen molar-refractivity contribution < 1.29 is 14.4 Å². The molecule has 1 aromatic rings. The number of amides is 5. The largest absolute Gasteiger partial charge is 0.336 e. The molecule has 2 heterocycles. The minimum atomic E-state index is -0.540. The van der Waals surface area contributed by atoms with Crippen LogP contribution in [-0.2, 0) is 4.79 Å². The Morgan fingerprint density at radius 1 is 1.24 bits per heavy atom. The van der Waals surface area contributed by atoms with Crippen LogP contribution in [0.3, 0.4) is 0 Å². The number of nitrogens with zero attached hydrogens (tertiary/aromatic N) is 2. The number of hydrogen-bond donors (Lipinski definition) is 2. The van der Waals surface area contributed by atoms with E-state index in [0.717, 1.165) is 0 Å². The molecule has 0 radical (unpaired) electrons. The van der Waals surface area contributed by atoms with Crippen molar-refractivity contribution in [2.75, 3.05) is 11.4 Å². The van der Waals surface area contributed by atoms with Crippen LogP contribution in [0.15, 0.2) is 24.3 Å². The van der Waals surface area contributed by atoms with E-state index in [1.165, 1.54) is 4.90 Å². The van der Waals surface area contributed by atoms with Gasteiger partial charge in [0, 0.05) is 23.7 Å². The summed E-state index contributed by atoms with van der Waals surface area (Å²) >= 11 is 5.87. The molecule has 5 amide bonds. The number of nitrogens with one attached hydrogen (secondary N) is 2. The zero-order valence-electron chi connectivity index (χ0n) is 14.2. The predicted octanol–water partition coefficient (Wildman–Crippen LogP) is 2.35. The third kappa shape index (κ3) is 3.56. The third-order valence-corrected chi connectivity index (χ3v) is 4.64. The smallest absolute Gasteiger partial charge is 0.332 e.